The number of phenols is 2. The molecule has 2 aromatic rings. The van der Waals surface area contributed by atoms with E-state index in [9.17, 15) is 19.8 Å². The van der Waals surface area contributed by atoms with Gasteiger partial charge in [-0.15, -0.1) is 0 Å². The second-order valence-electron chi connectivity index (χ2n) is 9.58. The summed E-state index contributed by atoms with van der Waals surface area (Å²) < 4.78 is 10.7. The van der Waals surface area contributed by atoms with Crippen LogP contribution in [0, 0.1) is 0 Å². The summed E-state index contributed by atoms with van der Waals surface area (Å²) in [6, 6.07) is 9.20. The largest absolute Gasteiger partial charge is 0.504 e. The average Bonchev–Trinajstić information content (AvgIpc) is 2.78. The van der Waals surface area contributed by atoms with E-state index >= 15 is 0 Å². The van der Waals surface area contributed by atoms with Gasteiger partial charge in [0, 0.05) is 12.1 Å². The predicted octanol–water partition coefficient (Wildman–Crippen LogP) is 3.19. The molecule has 8 nitrogen and oxygen atoms in total. The van der Waals surface area contributed by atoms with E-state index in [0.29, 0.717) is 30.5 Å². The number of amides is 1. The van der Waals surface area contributed by atoms with E-state index in [-0.39, 0.29) is 11.5 Å². The highest BCUT2D eigenvalue weighted by Gasteiger charge is 2.44. The number of fused-ring (bicyclic) bond motifs is 2. The lowest BCUT2D eigenvalue weighted by atomic mass is 9.81. The fraction of sp³-hybridized carbons (Fsp3) is 0.440. The number of hydrogen-bond acceptors (Lipinski definition) is 7. The quantitative estimate of drug-likeness (QED) is 0.472. The minimum absolute atomic E-state index is 0.253. The van der Waals surface area contributed by atoms with Crippen molar-refractivity contribution < 1.29 is 29.3 Å². The Balaban J connectivity index is 1.81. The molecule has 2 aliphatic heterocycles. The van der Waals surface area contributed by atoms with Crippen LogP contribution in [0.3, 0.4) is 0 Å². The molecule has 0 aromatic heterocycles. The number of aromatic hydroxyl groups is 2. The molecule has 0 spiro atoms. The summed E-state index contributed by atoms with van der Waals surface area (Å²) in [6.07, 6.45) is 0.294. The third-order valence-corrected chi connectivity index (χ3v) is 6.19. The summed E-state index contributed by atoms with van der Waals surface area (Å²) in [5, 5.41) is 24.3. The fourth-order valence-electron chi connectivity index (χ4n) is 4.70. The van der Waals surface area contributed by atoms with E-state index in [1.54, 1.807) is 11.0 Å². The van der Waals surface area contributed by atoms with Crippen molar-refractivity contribution in [1.29, 1.82) is 0 Å². The van der Waals surface area contributed by atoms with Gasteiger partial charge in [-0.3, -0.25) is 15.0 Å². The van der Waals surface area contributed by atoms with Crippen molar-refractivity contribution in [1.82, 2.24) is 10.2 Å². The molecular formula is C25H30N2O6. The Kier molecular flexibility index (Phi) is 5.97. The second kappa shape index (κ2) is 8.59. The maximum absolute atomic E-state index is 13.3. The molecule has 0 fully saturated rings. The predicted molar refractivity (Wildman–Crippen MR) is 121 cm³/mol. The topological polar surface area (TPSA) is 108 Å². The van der Waals surface area contributed by atoms with Gasteiger partial charge in [0.15, 0.2) is 11.5 Å². The molecule has 0 radical (unpaired) electrons. The molecule has 0 unspecified atom stereocenters. The Morgan fingerprint density at radius 3 is 2.39 bits per heavy atom. The van der Waals surface area contributed by atoms with Crippen molar-refractivity contribution in [3.05, 3.63) is 58.7 Å². The molecule has 33 heavy (non-hydrogen) atoms. The van der Waals surface area contributed by atoms with Crippen molar-refractivity contribution in [2.24, 2.45) is 0 Å². The second-order valence-corrected chi connectivity index (χ2v) is 9.58. The Labute approximate surface area is 193 Å². The van der Waals surface area contributed by atoms with Crippen LogP contribution in [0.15, 0.2) is 36.4 Å². The minimum Gasteiger partial charge on any atom is -0.504 e. The molecule has 176 valence electrons. The molecule has 2 aromatic carbocycles. The molecule has 0 bridgehead atoms. The van der Waals surface area contributed by atoms with Gasteiger partial charge in [0.2, 0.25) is 0 Å². The average molecular weight is 455 g/mol. The van der Waals surface area contributed by atoms with Crippen LogP contribution >= 0.6 is 0 Å². The number of carbonyl (C=O) groups excluding carboxylic acids is 2. The first-order valence-electron chi connectivity index (χ1n) is 11.0. The van der Waals surface area contributed by atoms with E-state index in [1.807, 2.05) is 45.0 Å². The maximum atomic E-state index is 13.3. The number of hydrogen-bond donors (Lipinski definition) is 3. The van der Waals surface area contributed by atoms with Crippen LogP contribution in [0.5, 0.6) is 11.5 Å². The Morgan fingerprint density at radius 2 is 1.73 bits per heavy atom. The molecule has 2 aliphatic rings. The van der Waals surface area contributed by atoms with Crippen LogP contribution < -0.4 is 5.32 Å². The van der Waals surface area contributed by atoms with Crippen molar-refractivity contribution in [2.75, 3.05) is 7.11 Å². The molecule has 3 atom stereocenters. The molecule has 1 amide bonds. The van der Waals surface area contributed by atoms with Crippen molar-refractivity contribution in [2.45, 2.75) is 63.9 Å². The number of nitrogens with one attached hydrogen (secondary N) is 1. The highest BCUT2D eigenvalue weighted by Crippen LogP contribution is 2.43. The number of ether oxygens (including phenoxy) is 2. The molecule has 0 saturated carbocycles. The maximum Gasteiger partial charge on any atom is 0.410 e. The normalized spacial score (nSPS) is 22.2. The summed E-state index contributed by atoms with van der Waals surface area (Å²) in [4.78, 5) is 27.4. The Morgan fingerprint density at radius 1 is 1.03 bits per heavy atom. The summed E-state index contributed by atoms with van der Waals surface area (Å²) in [7, 11) is 1.33. The molecule has 3 N–H and O–H groups in total. The number of nitrogens with zero attached hydrogens (tertiary/aromatic N) is 1. The number of methoxy groups -OCH3 is 1. The van der Waals surface area contributed by atoms with E-state index in [1.165, 1.54) is 13.2 Å². The van der Waals surface area contributed by atoms with Crippen molar-refractivity contribution >= 4 is 12.1 Å². The van der Waals surface area contributed by atoms with Gasteiger partial charge in [-0.25, -0.2) is 4.79 Å². The third kappa shape index (κ3) is 4.48. The highest BCUT2D eigenvalue weighted by molar-refractivity contribution is 5.77. The fourth-order valence-corrected chi connectivity index (χ4v) is 4.70. The zero-order valence-electron chi connectivity index (χ0n) is 19.3. The van der Waals surface area contributed by atoms with Crippen LogP contribution in [0.2, 0.25) is 0 Å². The van der Waals surface area contributed by atoms with E-state index < -0.39 is 35.8 Å². The van der Waals surface area contributed by atoms with Gasteiger partial charge in [0.1, 0.15) is 11.6 Å². The van der Waals surface area contributed by atoms with E-state index in [4.69, 9.17) is 9.47 Å². The number of benzene rings is 2. The van der Waals surface area contributed by atoms with Gasteiger partial charge in [-0.05, 0) is 56.4 Å². The van der Waals surface area contributed by atoms with Gasteiger partial charge >= 0.3 is 12.1 Å². The van der Waals surface area contributed by atoms with Gasteiger partial charge in [-0.1, -0.05) is 30.3 Å². The monoisotopic (exact) mass is 454 g/mol. The minimum atomic E-state index is -0.689. The Hall–Kier alpha value is -3.26. The van der Waals surface area contributed by atoms with Gasteiger partial charge in [0.25, 0.3) is 0 Å². The van der Waals surface area contributed by atoms with Crippen LogP contribution in [0.4, 0.5) is 4.79 Å². The Bertz CT molecular complexity index is 1080. The lowest BCUT2D eigenvalue weighted by Crippen LogP contribution is -2.56. The standard InChI is InChI=1S/C25H30N2O6/c1-25(2,3)33-24(31)27-13-16-8-6-5-7-14(16)12-18(27)21-20-15(9-10-19(28)22(20)29)11-17(26-21)23(30)32-4/h5-10,17-18,21,26,28-29H,11-13H2,1-4H3/t17-,18+,21-/m0/s1. The highest BCUT2D eigenvalue weighted by atomic mass is 16.6. The van der Waals surface area contributed by atoms with Gasteiger partial charge < -0.3 is 19.7 Å². The first-order valence-corrected chi connectivity index (χ1v) is 11.0. The van der Waals surface area contributed by atoms with Crippen molar-refractivity contribution in [3.8, 4) is 11.5 Å². The van der Waals surface area contributed by atoms with Gasteiger partial charge in [0.05, 0.1) is 19.2 Å². The summed E-state index contributed by atoms with van der Waals surface area (Å²) >= 11 is 0. The van der Waals surface area contributed by atoms with Crippen LogP contribution in [0.1, 0.15) is 49.1 Å². The van der Waals surface area contributed by atoms with Crippen LogP contribution in [-0.2, 0) is 33.7 Å². The summed E-state index contributed by atoms with van der Waals surface area (Å²) in [5.41, 5.74) is 2.59. The number of carbonyl (C=O) groups is 2. The molecule has 4 rings (SSSR count). The zero-order valence-corrected chi connectivity index (χ0v) is 19.3. The molecule has 2 heterocycles. The zero-order chi connectivity index (χ0) is 23.9. The number of esters is 1. The summed E-state index contributed by atoms with van der Waals surface area (Å²) in [5.74, 6) is -0.938. The summed E-state index contributed by atoms with van der Waals surface area (Å²) in [6.45, 7) is 5.75. The van der Waals surface area contributed by atoms with Crippen LogP contribution in [0.25, 0.3) is 0 Å². The number of rotatable bonds is 2. The third-order valence-electron chi connectivity index (χ3n) is 6.19. The van der Waals surface area contributed by atoms with Crippen molar-refractivity contribution in [3.63, 3.8) is 0 Å². The first kappa shape index (κ1) is 22.9. The smallest absolute Gasteiger partial charge is 0.410 e. The van der Waals surface area contributed by atoms with E-state index in [0.717, 1.165) is 11.1 Å². The number of phenolic OH excluding ortho intramolecular Hbond substituents is 2. The molecule has 0 aliphatic carbocycles. The molecule has 8 heteroatoms. The lowest BCUT2D eigenvalue weighted by Gasteiger charge is -2.44. The lowest BCUT2D eigenvalue weighted by molar-refractivity contribution is -0.143. The van der Waals surface area contributed by atoms with Crippen LogP contribution in [-0.4, -0.2) is 52.0 Å². The molecule has 0 saturated heterocycles. The SMILES string of the molecule is COC(=O)[C@@H]1Cc2ccc(O)c(O)c2[C@H]([C@H]2Cc3ccccc3CN2C(=O)OC(C)(C)C)N1. The van der Waals surface area contributed by atoms with Gasteiger partial charge in [-0.2, -0.15) is 0 Å². The first-order chi connectivity index (χ1) is 15.6. The van der Waals surface area contributed by atoms with E-state index in [2.05, 4.69) is 5.32 Å². The molecular weight excluding hydrogens is 424 g/mol.